The van der Waals surface area contributed by atoms with Crippen LogP contribution in [0.5, 0.6) is 0 Å². The number of rotatable bonds is 7. The maximum absolute atomic E-state index is 12.2. The predicted molar refractivity (Wildman–Crippen MR) is 110 cm³/mol. The fraction of sp³-hybridized carbons (Fsp3) is 0.524. The van der Waals surface area contributed by atoms with Gasteiger partial charge in [0.15, 0.2) is 0 Å². The van der Waals surface area contributed by atoms with E-state index < -0.39 is 0 Å². The van der Waals surface area contributed by atoms with Crippen molar-refractivity contribution >= 4 is 11.7 Å². The summed E-state index contributed by atoms with van der Waals surface area (Å²) in [5, 5.41) is 5.87. The van der Waals surface area contributed by atoms with Gasteiger partial charge in [-0.05, 0) is 51.8 Å². The van der Waals surface area contributed by atoms with E-state index in [1.165, 1.54) is 18.5 Å². The lowest BCUT2D eigenvalue weighted by Gasteiger charge is -2.23. The lowest BCUT2D eigenvalue weighted by atomic mass is 10.1. The second kappa shape index (κ2) is 9.04. The Bertz CT molecular complexity index is 770. The Hall–Kier alpha value is -2.34. The van der Waals surface area contributed by atoms with Crippen molar-refractivity contribution in [1.82, 2.24) is 19.8 Å². The van der Waals surface area contributed by atoms with Gasteiger partial charge in [-0.1, -0.05) is 19.1 Å². The van der Waals surface area contributed by atoms with Crippen LogP contribution in [-0.2, 0) is 13.0 Å². The highest BCUT2D eigenvalue weighted by molar-refractivity contribution is 5.89. The van der Waals surface area contributed by atoms with Gasteiger partial charge in [0.25, 0.3) is 0 Å². The monoisotopic (exact) mass is 369 g/mol. The van der Waals surface area contributed by atoms with Crippen molar-refractivity contribution in [1.29, 1.82) is 0 Å². The third kappa shape index (κ3) is 4.89. The molecular weight excluding hydrogens is 338 g/mol. The Kier molecular flexibility index (Phi) is 6.50. The zero-order valence-electron chi connectivity index (χ0n) is 16.7. The van der Waals surface area contributed by atoms with Crippen LogP contribution in [0, 0.1) is 0 Å². The van der Waals surface area contributed by atoms with Crippen molar-refractivity contribution < 1.29 is 4.79 Å². The minimum Gasteiger partial charge on any atom is -0.337 e. The first-order chi connectivity index (χ1) is 13.1. The zero-order valence-corrected chi connectivity index (χ0v) is 16.7. The van der Waals surface area contributed by atoms with Crippen LogP contribution in [0.3, 0.4) is 0 Å². The molecule has 2 N–H and O–H groups in total. The summed E-state index contributed by atoms with van der Waals surface area (Å²) in [7, 11) is 2.09. The summed E-state index contributed by atoms with van der Waals surface area (Å²) in [6.45, 7) is 6.85. The maximum Gasteiger partial charge on any atom is 0.319 e. The van der Waals surface area contributed by atoms with E-state index in [1.54, 1.807) is 0 Å². The Morgan fingerprint density at radius 1 is 1.37 bits per heavy atom. The third-order valence-electron chi connectivity index (χ3n) is 5.47. The summed E-state index contributed by atoms with van der Waals surface area (Å²) in [5.41, 5.74) is 3.13. The molecule has 0 bridgehead atoms. The first-order valence-electron chi connectivity index (χ1n) is 9.98. The predicted octanol–water partition coefficient (Wildman–Crippen LogP) is 3.74. The van der Waals surface area contributed by atoms with Crippen LogP contribution in [0.25, 0.3) is 11.4 Å². The molecule has 2 amide bonds. The molecule has 0 unspecified atom stereocenters. The third-order valence-corrected chi connectivity index (χ3v) is 5.47. The van der Waals surface area contributed by atoms with Crippen molar-refractivity contribution in [3.8, 4) is 11.4 Å². The fourth-order valence-electron chi connectivity index (χ4n) is 3.46. The molecule has 2 heterocycles. The Morgan fingerprint density at radius 3 is 3.04 bits per heavy atom. The van der Waals surface area contributed by atoms with Gasteiger partial charge in [0.1, 0.15) is 5.82 Å². The van der Waals surface area contributed by atoms with Crippen LogP contribution in [0.15, 0.2) is 30.5 Å². The van der Waals surface area contributed by atoms with Gasteiger partial charge in [0.05, 0.1) is 0 Å². The number of aromatic nitrogens is 2. The van der Waals surface area contributed by atoms with Crippen molar-refractivity contribution in [3.63, 3.8) is 0 Å². The van der Waals surface area contributed by atoms with Crippen molar-refractivity contribution in [3.05, 3.63) is 36.2 Å². The van der Waals surface area contributed by atoms with E-state index in [4.69, 9.17) is 0 Å². The molecule has 1 aromatic heterocycles. The van der Waals surface area contributed by atoms with Gasteiger partial charge < -0.3 is 20.1 Å². The van der Waals surface area contributed by atoms with Crippen LogP contribution in [0.2, 0.25) is 0 Å². The molecule has 6 nitrogen and oxygen atoms in total. The highest BCUT2D eigenvalue weighted by Gasteiger charge is 2.15. The number of likely N-dealkylation sites (N-methyl/N-ethyl adjacent to an activating group) is 1. The second-order valence-electron chi connectivity index (χ2n) is 7.38. The molecule has 0 radical (unpaired) electrons. The molecule has 1 aliphatic heterocycles. The molecule has 3 rings (SSSR count). The van der Waals surface area contributed by atoms with Crippen LogP contribution in [-0.4, -0.2) is 46.7 Å². The number of aryl methyl sites for hydroxylation is 1. The number of amides is 2. The lowest BCUT2D eigenvalue weighted by Crippen LogP contribution is -2.38. The number of carbonyl (C=O) groups excluding carboxylic acids is 1. The molecule has 0 saturated heterocycles. The number of imidazole rings is 1. The number of carbonyl (C=O) groups is 1. The molecule has 146 valence electrons. The zero-order chi connectivity index (χ0) is 19.2. The van der Waals surface area contributed by atoms with E-state index in [9.17, 15) is 4.79 Å². The van der Waals surface area contributed by atoms with Crippen LogP contribution in [0.4, 0.5) is 10.5 Å². The highest BCUT2D eigenvalue weighted by atomic mass is 16.2. The number of benzene rings is 1. The second-order valence-corrected chi connectivity index (χ2v) is 7.38. The Labute approximate surface area is 162 Å². The number of fused-ring (bicyclic) bond motifs is 1. The normalized spacial score (nSPS) is 14.7. The first-order valence-corrected chi connectivity index (χ1v) is 9.98. The molecule has 2 aromatic rings. The van der Waals surface area contributed by atoms with Gasteiger partial charge in [0.2, 0.25) is 0 Å². The number of hydrogen-bond donors (Lipinski definition) is 2. The van der Waals surface area contributed by atoms with E-state index >= 15 is 0 Å². The molecule has 1 aliphatic rings. The average Bonchev–Trinajstić information content (AvgIpc) is 3.11. The summed E-state index contributed by atoms with van der Waals surface area (Å²) in [6, 6.07) is 8.27. The summed E-state index contributed by atoms with van der Waals surface area (Å²) in [5.74, 6) is 0.990. The average molecular weight is 370 g/mol. The smallest absolute Gasteiger partial charge is 0.319 e. The number of nitrogens with zero attached hydrogens (tertiary/aromatic N) is 3. The standard InChI is InChI=1S/C21H31N5O/c1-4-16(2)25(3)13-11-22-21(27)24-18-9-7-8-17(14-18)20-23-15-19-10-5-6-12-26(19)20/h7-9,14-16H,4-6,10-13H2,1-3H3,(H2,22,24,27)/t16-/m1/s1. The summed E-state index contributed by atoms with van der Waals surface area (Å²) in [4.78, 5) is 19.1. The van der Waals surface area contributed by atoms with Gasteiger partial charge >= 0.3 is 6.03 Å². The van der Waals surface area contributed by atoms with Gasteiger partial charge in [-0.25, -0.2) is 9.78 Å². The van der Waals surface area contributed by atoms with Crippen molar-refractivity contribution in [2.24, 2.45) is 0 Å². The minimum absolute atomic E-state index is 0.171. The van der Waals surface area contributed by atoms with E-state index in [2.05, 4.69) is 52.0 Å². The molecule has 0 saturated carbocycles. The lowest BCUT2D eigenvalue weighted by molar-refractivity contribution is 0.238. The van der Waals surface area contributed by atoms with Crippen molar-refractivity contribution in [2.45, 2.75) is 52.1 Å². The van der Waals surface area contributed by atoms with E-state index in [1.807, 2.05) is 24.4 Å². The SMILES string of the molecule is CC[C@@H](C)N(C)CCNC(=O)Nc1cccc(-c2ncc3n2CCCC3)c1. The largest absolute Gasteiger partial charge is 0.337 e. The van der Waals surface area contributed by atoms with Crippen molar-refractivity contribution in [2.75, 3.05) is 25.5 Å². The van der Waals surface area contributed by atoms with Crippen LogP contribution >= 0.6 is 0 Å². The molecule has 0 spiro atoms. The molecule has 6 heteroatoms. The Morgan fingerprint density at radius 2 is 2.22 bits per heavy atom. The summed E-state index contributed by atoms with van der Waals surface area (Å²) in [6.07, 6.45) is 6.61. The molecule has 1 aromatic carbocycles. The van der Waals surface area contributed by atoms with E-state index in [0.29, 0.717) is 12.6 Å². The topological polar surface area (TPSA) is 62.2 Å². The maximum atomic E-state index is 12.2. The minimum atomic E-state index is -0.171. The first kappa shape index (κ1) is 19.4. The number of anilines is 1. The Balaban J connectivity index is 1.58. The van der Waals surface area contributed by atoms with Crippen LogP contribution in [0.1, 0.15) is 38.8 Å². The quantitative estimate of drug-likeness (QED) is 0.781. The van der Waals surface area contributed by atoms with Gasteiger partial charge in [0, 0.05) is 48.8 Å². The summed E-state index contributed by atoms with van der Waals surface area (Å²) < 4.78 is 2.30. The van der Waals surface area contributed by atoms with E-state index in [0.717, 1.165) is 43.0 Å². The number of urea groups is 1. The molecule has 1 atom stereocenters. The molecule has 0 aliphatic carbocycles. The molecule has 27 heavy (non-hydrogen) atoms. The van der Waals surface area contributed by atoms with E-state index in [-0.39, 0.29) is 6.03 Å². The highest BCUT2D eigenvalue weighted by Crippen LogP contribution is 2.26. The van der Waals surface area contributed by atoms with Gasteiger partial charge in [-0.2, -0.15) is 0 Å². The fourth-order valence-corrected chi connectivity index (χ4v) is 3.46. The van der Waals surface area contributed by atoms with Gasteiger partial charge in [-0.15, -0.1) is 0 Å². The van der Waals surface area contributed by atoms with Gasteiger partial charge in [-0.3, -0.25) is 0 Å². The number of hydrogen-bond acceptors (Lipinski definition) is 3. The summed E-state index contributed by atoms with van der Waals surface area (Å²) >= 11 is 0. The van der Waals surface area contributed by atoms with Crippen LogP contribution < -0.4 is 10.6 Å². The number of nitrogens with one attached hydrogen (secondary N) is 2. The molecular formula is C21H31N5O. The molecule has 0 fully saturated rings.